The van der Waals surface area contributed by atoms with Gasteiger partial charge in [0, 0.05) is 23.0 Å². The lowest BCUT2D eigenvalue weighted by Gasteiger charge is -2.27. The third kappa shape index (κ3) is 5.97. The lowest BCUT2D eigenvalue weighted by molar-refractivity contribution is -0.153. The number of nitrogens with one attached hydrogen (secondary N) is 1. The maximum atomic E-state index is 12.3. The van der Waals surface area contributed by atoms with Crippen LogP contribution in [0, 0.1) is 0 Å². The highest BCUT2D eigenvalue weighted by Crippen LogP contribution is 2.32. The minimum Gasteiger partial charge on any atom is -0.484 e. The molecule has 0 fully saturated rings. The van der Waals surface area contributed by atoms with Crippen molar-refractivity contribution in [3.8, 4) is 5.75 Å². The molecule has 0 saturated heterocycles. The van der Waals surface area contributed by atoms with Gasteiger partial charge in [-0.15, -0.1) is 0 Å². The average molecular weight is 466 g/mol. The van der Waals surface area contributed by atoms with E-state index in [9.17, 15) is 13.2 Å². The van der Waals surface area contributed by atoms with E-state index in [1.807, 2.05) is 12.1 Å². The Morgan fingerprint density at radius 3 is 2.48 bits per heavy atom. The topological polar surface area (TPSA) is 21.3 Å². The second kappa shape index (κ2) is 8.76. The highest BCUT2D eigenvalue weighted by molar-refractivity contribution is 9.10. The fourth-order valence-corrected chi connectivity index (χ4v) is 3.72. The van der Waals surface area contributed by atoms with Crippen LogP contribution in [0.1, 0.15) is 25.0 Å². The van der Waals surface area contributed by atoms with E-state index in [1.165, 1.54) is 22.4 Å². The first kappa shape index (κ1) is 21.7. The summed E-state index contributed by atoms with van der Waals surface area (Å²) in [5, 5.41) is 5.82. The summed E-state index contributed by atoms with van der Waals surface area (Å²) in [6, 6.07) is 19.3. The Balaban J connectivity index is 1.67. The number of rotatable bonds is 7. The first-order chi connectivity index (χ1) is 13.6. The van der Waals surface area contributed by atoms with Crippen LogP contribution in [0.5, 0.6) is 5.75 Å². The fourth-order valence-electron chi connectivity index (χ4n) is 3.36. The van der Waals surface area contributed by atoms with Gasteiger partial charge in [-0.3, -0.25) is 0 Å². The van der Waals surface area contributed by atoms with Crippen LogP contribution in [0.4, 0.5) is 13.2 Å². The Kier molecular flexibility index (Phi) is 6.54. The minimum absolute atomic E-state index is 0.134. The van der Waals surface area contributed by atoms with Gasteiger partial charge in [0.1, 0.15) is 5.75 Å². The summed E-state index contributed by atoms with van der Waals surface area (Å²) in [5.41, 5.74) is 1.98. The van der Waals surface area contributed by atoms with Crippen molar-refractivity contribution in [1.29, 1.82) is 0 Å². The van der Waals surface area contributed by atoms with Crippen molar-refractivity contribution in [3.63, 3.8) is 0 Å². The van der Waals surface area contributed by atoms with E-state index in [0.29, 0.717) is 13.1 Å². The molecule has 29 heavy (non-hydrogen) atoms. The fraction of sp³-hybridized carbons (Fsp3) is 0.304. The Hall–Kier alpha value is -2.05. The summed E-state index contributed by atoms with van der Waals surface area (Å²) >= 11 is 3.55. The van der Waals surface area contributed by atoms with Gasteiger partial charge in [-0.25, -0.2) is 0 Å². The van der Waals surface area contributed by atoms with Crippen molar-refractivity contribution in [2.24, 2.45) is 0 Å². The molecule has 0 spiro atoms. The molecule has 3 aromatic carbocycles. The number of fused-ring (bicyclic) bond motifs is 1. The summed E-state index contributed by atoms with van der Waals surface area (Å²) in [6.07, 6.45) is -4.34. The molecule has 0 saturated carbocycles. The molecule has 1 N–H and O–H groups in total. The molecule has 0 aliphatic heterocycles. The number of benzene rings is 3. The van der Waals surface area contributed by atoms with Gasteiger partial charge >= 0.3 is 6.18 Å². The molecular formula is C23H23BrF3NO. The summed E-state index contributed by atoms with van der Waals surface area (Å²) in [6.45, 7) is 4.33. The zero-order chi connectivity index (χ0) is 21.1. The van der Waals surface area contributed by atoms with Gasteiger partial charge in [0.05, 0.1) is 0 Å². The summed E-state index contributed by atoms with van der Waals surface area (Å²) in [4.78, 5) is 0. The number of hydrogen-bond acceptors (Lipinski definition) is 2. The van der Waals surface area contributed by atoms with Crippen LogP contribution in [-0.2, 0) is 12.0 Å². The number of alkyl halides is 3. The van der Waals surface area contributed by atoms with Gasteiger partial charge in [-0.1, -0.05) is 66.2 Å². The minimum atomic E-state index is -4.34. The molecule has 6 heteroatoms. The quantitative estimate of drug-likeness (QED) is 0.423. The van der Waals surface area contributed by atoms with Gasteiger partial charge < -0.3 is 10.1 Å². The third-order valence-corrected chi connectivity index (χ3v) is 5.26. The van der Waals surface area contributed by atoms with Crippen molar-refractivity contribution < 1.29 is 17.9 Å². The maximum absolute atomic E-state index is 12.3. The smallest absolute Gasteiger partial charge is 0.422 e. The highest BCUT2D eigenvalue weighted by Gasteiger charge is 2.28. The van der Waals surface area contributed by atoms with Gasteiger partial charge in [0.25, 0.3) is 0 Å². The largest absolute Gasteiger partial charge is 0.484 e. The van der Waals surface area contributed by atoms with E-state index in [2.05, 4.69) is 65.4 Å². The summed E-state index contributed by atoms with van der Waals surface area (Å²) in [5.74, 6) is 0.222. The molecule has 0 atom stereocenters. The van der Waals surface area contributed by atoms with E-state index in [0.717, 1.165) is 10.0 Å². The molecule has 0 radical (unpaired) electrons. The van der Waals surface area contributed by atoms with Crippen molar-refractivity contribution in [3.05, 3.63) is 76.3 Å². The predicted octanol–water partition coefficient (Wildman–Crippen LogP) is 6.61. The molecule has 154 valence electrons. The zero-order valence-electron chi connectivity index (χ0n) is 16.3. The van der Waals surface area contributed by atoms with E-state index < -0.39 is 12.8 Å². The summed E-state index contributed by atoms with van der Waals surface area (Å²) < 4.78 is 42.9. The molecule has 0 aliphatic rings. The average Bonchev–Trinajstić information content (AvgIpc) is 2.65. The first-order valence-electron chi connectivity index (χ1n) is 9.32. The normalized spacial score (nSPS) is 12.3. The Labute approximate surface area is 177 Å². The SMILES string of the molecule is CC(C)(CNCc1cccc(OCC(F)(F)F)c1)c1cccc2ccc(Br)cc12. The van der Waals surface area contributed by atoms with Crippen LogP contribution in [0.25, 0.3) is 10.8 Å². The molecule has 0 aromatic heterocycles. The standard InChI is InChI=1S/C23H23BrF3NO/c1-22(2,21-8-4-6-17-9-10-18(24)12-20(17)21)14-28-13-16-5-3-7-19(11-16)29-15-23(25,26)27/h3-12,28H,13-15H2,1-2H3. The van der Waals surface area contributed by atoms with E-state index in [4.69, 9.17) is 4.74 Å². The van der Waals surface area contributed by atoms with Crippen LogP contribution in [0.3, 0.4) is 0 Å². The molecule has 0 aliphatic carbocycles. The number of ether oxygens (including phenoxy) is 1. The predicted molar refractivity (Wildman–Crippen MR) is 114 cm³/mol. The van der Waals surface area contributed by atoms with Crippen LogP contribution >= 0.6 is 15.9 Å². The second-order valence-corrected chi connectivity index (χ2v) is 8.63. The van der Waals surface area contributed by atoms with Crippen LogP contribution < -0.4 is 10.1 Å². The molecular weight excluding hydrogens is 443 g/mol. The number of hydrogen-bond donors (Lipinski definition) is 1. The van der Waals surface area contributed by atoms with Gasteiger partial charge in [-0.05, 0) is 46.2 Å². The monoisotopic (exact) mass is 465 g/mol. The Bertz CT molecular complexity index is 985. The van der Waals surface area contributed by atoms with Crippen molar-refractivity contribution in [2.45, 2.75) is 32.0 Å². The molecule has 3 aromatic rings. The molecule has 2 nitrogen and oxygen atoms in total. The molecule has 0 unspecified atom stereocenters. The van der Waals surface area contributed by atoms with Crippen LogP contribution in [0.15, 0.2) is 65.1 Å². The lowest BCUT2D eigenvalue weighted by Crippen LogP contribution is -2.32. The molecule has 0 bridgehead atoms. The van der Waals surface area contributed by atoms with E-state index in [1.54, 1.807) is 12.1 Å². The Morgan fingerprint density at radius 1 is 0.966 bits per heavy atom. The van der Waals surface area contributed by atoms with Crippen LogP contribution in [0.2, 0.25) is 0 Å². The third-order valence-electron chi connectivity index (χ3n) is 4.77. The van der Waals surface area contributed by atoms with Gasteiger partial charge in [0.2, 0.25) is 0 Å². The van der Waals surface area contributed by atoms with Crippen molar-refractivity contribution >= 4 is 26.7 Å². The van der Waals surface area contributed by atoms with Crippen molar-refractivity contribution in [1.82, 2.24) is 5.32 Å². The first-order valence-corrected chi connectivity index (χ1v) is 10.1. The van der Waals surface area contributed by atoms with E-state index >= 15 is 0 Å². The second-order valence-electron chi connectivity index (χ2n) is 7.71. The maximum Gasteiger partial charge on any atom is 0.422 e. The van der Waals surface area contributed by atoms with Gasteiger partial charge in [-0.2, -0.15) is 13.2 Å². The zero-order valence-corrected chi connectivity index (χ0v) is 17.9. The highest BCUT2D eigenvalue weighted by atomic mass is 79.9. The van der Waals surface area contributed by atoms with Gasteiger partial charge in [0.15, 0.2) is 6.61 Å². The lowest BCUT2D eigenvalue weighted by atomic mass is 9.81. The van der Waals surface area contributed by atoms with Crippen LogP contribution in [-0.4, -0.2) is 19.3 Å². The Morgan fingerprint density at radius 2 is 1.72 bits per heavy atom. The molecule has 0 amide bonds. The number of halogens is 4. The molecule has 0 heterocycles. The summed E-state index contributed by atoms with van der Waals surface area (Å²) in [7, 11) is 0. The van der Waals surface area contributed by atoms with Crippen molar-refractivity contribution in [2.75, 3.05) is 13.2 Å². The van der Waals surface area contributed by atoms with E-state index in [-0.39, 0.29) is 11.2 Å². The molecule has 3 rings (SSSR count).